The molecular weight excluding hydrogens is 352 g/mol. The van der Waals surface area contributed by atoms with Gasteiger partial charge in [-0.25, -0.2) is 4.79 Å². The van der Waals surface area contributed by atoms with Crippen LogP contribution in [0.5, 0.6) is 0 Å². The molecule has 0 aliphatic heterocycles. The third kappa shape index (κ3) is 8.36. The molecule has 5 nitrogen and oxygen atoms in total. The summed E-state index contributed by atoms with van der Waals surface area (Å²) in [7, 11) is 0. The second-order valence-electron chi connectivity index (χ2n) is 7.13. The largest absolute Gasteiger partial charge is 0.459 e. The fraction of sp³-hybridized carbons (Fsp3) is 0.565. The van der Waals surface area contributed by atoms with Crippen LogP contribution >= 0.6 is 0 Å². The van der Waals surface area contributed by atoms with Crippen molar-refractivity contribution in [3.63, 3.8) is 0 Å². The third-order valence-corrected chi connectivity index (χ3v) is 4.76. The van der Waals surface area contributed by atoms with Gasteiger partial charge in [-0.2, -0.15) is 4.57 Å². The molecule has 0 amide bonds. The lowest BCUT2D eigenvalue weighted by molar-refractivity contribution is -0.684. The number of fused-ring (bicyclic) bond motifs is 1. The van der Waals surface area contributed by atoms with E-state index in [1.165, 1.54) is 25.7 Å². The second kappa shape index (κ2) is 13.2. The van der Waals surface area contributed by atoms with Crippen LogP contribution in [0.2, 0.25) is 0 Å². The Hall–Kier alpha value is -1.98. The van der Waals surface area contributed by atoms with Crippen LogP contribution in [0.3, 0.4) is 0 Å². The van der Waals surface area contributed by atoms with Gasteiger partial charge in [0.15, 0.2) is 12.4 Å². The molecule has 0 saturated heterocycles. The van der Waals surface area contributed by atoms with Crippen molar-refractivity contribution in [3.05, 3.63) is 42.7 Å². The highest BCUT2D eigenvalue weighted by Crippen LogP contribution is 2.09. The highest BCUT2D eigenvalue weighted by Gasteiger charge is 2.11. The van der Waals surface area contributed by atoms with E-state index in [1.54, 1.807) is 0 Å². The number of ether oxygens (including phenoxy) is 2. The predicted octanol–water partition coefficient (Wildman–Crippen LogP) is 3.59. The van der Waals surface area contributed by atoms with Gasteiger partial charge in [-0.15, -0.1) is 0 Å². The van der Waals surface area contributed by atoms with E-state index in [0.29, 0.717) is 19.8 Å². The number of hydrogen-bond donors (Lipinski definition) is 0. The van der Waals surface area contributed by atoms with Crippen LogP contribution in [0.25, 0.3) is 10.8 Å². The monoisotopic (exact) mass is 387 g/mol. The molecule has 1 heterocycles. The minimum atomic E-state index is -0.239. The lowest BCUT2D eigenvalue weighted by atomic mass is 10.2. The maximum atomic E-state index is 12.0. The van der Waals surface area contributed by atoms with Gasteiger partial charge in [0.2, 0.25) is 6.54 Å². The summed E-state index contributed by atoms with van der Waals surface area (Å²) in [6.07, 6.45) is 8.76. The maximum absolute atomic E-state index is 12.0. The van der Waals surface area contributed by atoms with Crippen molar-refractivity contribution in [1.29, 1.82) is 0 Å². The number of benzene rings is 1. The number of unbranched alkanes of at least 4 members (excludes halogenated alkanes) is 2. The Bertz CT molecular complexity index is 697. The lowest BCUT2D eigenvalue weighted by Crippen LogP contribution is -2.38. The van der Waals surface area contributed by atoms with Crippen LogP contribution in [0.4, 0.5) is 0 Å². The van der Waals surface area contributed by atoms with Crippen LogP contribution in [0.1, 0.15) is 39.5 Å². The molecule has 0 atom stereocenters. The van der Waals surface area contributed by atoms with Gasteiger partial charge in [0.25, 0.3) is 0 Å². The molecule has 2 aromatic rings. The van der Waals surface area contributed by atoms with E-state index in [0.717, 1.165) is 30.4 Å². The van der Waals surface area contributed by atoms with Crippen LogP contribution in [0, 0.1) is 0 Å². The van der Waals surface area contributed by atoms with Crippen molar-refractivity contribution in [2.45, 2.75) is 46.1 Å². The van der Waals surface area contributed by atoms with Gasteiger partial charge in [-0.05, 0) is 37.4 Å². The van der Waals surface area contributed by atoms with Gasteiger partial charge in [0.1, 0.15) is 6.61 Å². The molecule has 0 spiro atoms. The summed E-state index contributed by atoms with van der Waals surface area (Å²) >= 11 is 0. The zero-order chi connectivity index (χ0) is 20.0. The Kier molecular flexibility index (Phi) is 10.5. The minimum Gasteiger partial charge on any atom is -0.459 e. The van der Waals surface area contributed by atoms with Gasteiger partial charge in [-0.1, -0.05) is 44.9 Å². The Morgan fingerprint density at radius 1 is 0.929 bits per heavy atom. The number of nitrogens with zero attached hydrogens (tertiary/aromatic N) is 2. The summed E-state index contributed by atoms with van der Waals surface area (Å²) in [4.78, 5) is 14.5. The Balaban J connectivity index is 1.60. The normalized spacial score (nSPS) is 11.2. The minimum absolute atomic E-state index is 0.215. The van der Waals surface area contributed by atoms with Gasteiger partial charge in [-0.3, -0.25) is 0 Å². The lowest BCUT2D eigenvalue weighted by Gasteiger charge is -2.21. The molecule has 0 aliphatic rings. The van der Waals surface area contributed by atoms with Crippen molar-refractivity contribution < 1.29 is 18.8 Å². The number of aromatic nitrogens is 1. The quantitative estimate of drug-likeness (QED) is 0.282. The maximum Gasteiger partial charge on any atom is 0.372 e. The summed E-state index contributed by atoms with van der Waals surface area (Å²) in [5.74, 6) is -0.239. The average molecular weight is 388 g/mol. The van der Waals surface area contributed by atoms with E-state index >= 15 is 0 Å². The van der Waals surface area contributed by atoms with Crippen molar-refractivity contribution in [3.8, 4) is 0 Å². The summed E-state index contributed by atoms with van der Waals surface area (Å²) < 4.78 is 12.8. The standard InChI is InChI=1S/C23H35N2O3/c1-3-5-12-24(13-6-4-2)15-16-27-17-18-28-23(26)20-25-14-11-21-9-7-8-10-22(21)19-25/h7-11,14,19H,3-6,12-13,15-18,20H2,1-2H3/q+1. The van der Waals surface area contributed by atoms with Gasteiger partial charge < -0.3 is 14.4 Å². The number of pyridine rings is 1. The van der Waals surface area contributed by atoms with Crippen LogP contribution in [-0.2, 0) is 20.8 Å². The molecule has 0 unspecified atom stereocenters. The third-order valence-electron chi connectivity index (χ3n) is 4.76. The van der Waals surface area contributed by atoms with E-state index < -0.39 is 0 Å². The zero-order valence-electron chi connectivity index (χ0n) is 17.4. The molecule has 28 heavy (non-hydrogen) atoms. The van der Waals surface area contributed by atoms with Crippen molar-refractivity contribution in [2.24, 2.45) is 0 Å². The van der Waals surface area contributed by atoms with Gasteiger partial charge >= 0.3 is 5.97 Å². The van der Waals surface area contributed by atoms with Crippen molar-refractivity contribution >= 4 is 16.7 Å². The first-order valence-corrected chi connectivity index (χ1v) is 10.6. The average Bonchev–Trinajstić information content (AvgIpc) is 2.71. The molecule has 2 rings (SSSR count). The van der Waals surface area contributed by atoms with Crippen LogP contribution in [-0.4, -0.2) is 50.3 Å². The van der Waals surface area contributed by atoms with Crippen molar-refractivity contribution in [2.75, 3.05) is 39.5 Å². The number of esters is 1. The highest BCUT2D eigenvalue weighted by atomic mass is 16.6. The molecule has 1 aromatic carbocycles. The van der Waals surface area contributed by atoms with Crippen LogP contribution < -0.4 is 4.57 Å². The smallest absolute Gasteiger partial charge is 0.372 e. The van der Waals surface area contributed by atoms with Gasteiger partial charge in [0.05, 0.1) is 13.2 Å². The van der Waals surface area contributed by atoms with E-state index in [1.807, 2.05) is 41.2 Å². The Morgan fingerprint density at radius 2 is 1.64 bits per heavy atom. The molecule has 0 N–H and O–H groups in total. The topological polar surface area (TPSA) is 42.7 Å². The van der Waals surface area contributed by atoms with E-state index in [4.69, 9.17) is 9.47 Å². The Morgan fingerprint density at radius 3 is 2.36 bits per heavy atom. The number of rotatable bonds is 14. The summed E-state index contributed by atoms with van der Waals surface area (Å²) in [5, 5.41) is 2.27. The zero-order valence-corrected chi connectivity index (χ0v) is 17.4. The molecule has 0 saturated carbocycles. The van der Waals surface area contributed by atoms with Gasteiger partial charge in [0, 0.05) is 18.0 Å². The predicted molar refractivity (Wildman–Crippen MR) is 112 cm³/mol. The first kappa shape index (κ1) is 22.3. The molecule has 0 radical (unpaired) electrons. The molecule has 0 bridgehead atoms. The molecular formula is C23H35N2O3+. The molecule has 0 fully saturated rings. The first-order valence-electron chi connectivity index (χ1n) is 10.6. The molecule has 154 valence electrons. The number of carbonyl (C=O) groups is 1. The van der Waals surface area contributed by atoms with E-state index in [-0.39, 0.29) is 12.5 Å². The fourth-order valence-corrected chi connectivity index (χ4v) is 3.08. The highest BCUT2D eigenvalue weighted by molar-refractivity contribution is 5.80. The molecule has 0 aliphatic carbocycles. The van der Waals surface area contributed by atoms with Crippen molar-refractivity contribution in [1.82, 2.24) is 4.90 Å². The molecule has 1 aromatic heterocycles. The summed E-state index contributed by atoms with van der Waals surface area (Å²) in [6, 6.07) is 10.1. The van der Waals surface area contributed by atoms with E-state index in [2.05, 4.69) is 24.8 Å². The number of carbonyl (C=O) groups excluding carboxylic acids is 1. The molecule has 5 heteroatoms. The SMILES string of the molecule is CCCCN(CCCC)CCOCCOC(=O)C[n+]1ccc2ccccc2c1. The van der Waals surface area contributed by atoms with E-state index in [9.17, 15) is 4.79 Å². The Labute approximate surface area is 169 Å². The van der Waals surface area contributed by atoms with Crippen LogP contribution in [0.15, 0.2) is 42.7 Å². The fourth-order valence-electron chi connectivity index (χ4n) is 3.08. The summed E-state index contributed by atoms with van der Waals surface area (Å²) in [6.45, 7) is 9.31. The summed E-state index contributed by atoms with van der Waals surface area (Å²) in [5.41, 5.74) is 0. The second-order valence-corrected chi connectivity index (χ2v) is 7.13. The number of hydrogen-bond acceptors (Lipinski definition) is 4. The first-order chi connectivity index (χ1) is 13.7.